The Morgan fingerprint density at radius 1 is 1.78 bits per heavy atom. The lowest BCUT2D eigenvalue weighted by Gasteiger charge is -2.13. The third kappa shape index (κ3) is 1.10. The van der Waals surface area contributed by atoms with E-state index in [2.05, 4.69) is 0 Å². The Morgan fingerprint density at radius 3 is 2.89 bits per heavy atom. The predicted molar refractivity (Wildman–Crippen MR) is 32.5 cm³/mol. The van der Waals surface area contributed by atoms with Crippen LogP contribution >= 0.6 is 0 Å². The Bertz CT molecular complexity index is 162. The van der Waals surface area contributed by atoms with Crippen LogP contribution in [0, 0.1) is 0 Å². The minimum Gasteiger partial charge on any atom is -0.400 e. The zero-order valence-electron chi connectivity index (χ0n) is 5.00. The first kappa shape index (κ1) is 6.29. The molecular formula is C6H9NO2. The number of ketones is 1. The predicted octanol–water partition coefficient (Wildman–Crippen LogP) is -0.447. The highest BCUT2D eigenvalue weighted by Gasteiger charge is 2.19. The van der Waals surface area contributed by atoms with E-state index < -0.39 is 6.10 Å². The van der Waals surface area contributed by atoms with Crippen LogP contribution in [0.5, 0.6) is 0 Å². The molecule has 0 saturated heterocycles. The molecule has 1 unspecified atom stereocenters. The van der Waals surface area contributed by atoms with E-state index in [-0.39, 0.29) is 5.78 Å². The van der Waals surface area contributed by atoms with E-state index in [1.54, 1.807) is 6.08 Å². The van der Waals surface area contributed by atoms with Gasteiger partial charge in [0, 0.05) is 12.1 Å². The second kappa shape index (κ2) is 2.19. The van der Waals surface area contributed by atoms with E-state index in [1.165, 1.54) is 0 Å². The standard InChI is InChI=1S/C6H9NO2/c7-4-2-1-3-5(8)6(4)9/h2,6,9H,1,3,7H2. The van der Waals surface area contributed by atoms with Gasteiger partial charge < -0.3 is 10.8 Å². The molecule has 0 bridgehead atoms. The van der Waals surface area contributed by atoms with Gasteiger partial charge in [-0.3, -0.25) is 4.79 Å². The Labute approximate surface area is 53.2 Å². The summed E-state index contributed by atoms with van der Waals surface area (Å²) in [5, 5.41) is 8.90. The van der Waals surface area contributed by atoms with Gasteiger partial charge in [0.25, 0.3) is 0 Å². The van der Waals surface area contributed by atoms with Crippen molar-refractivity contribution in [1.29, 1.82) is 0 Å². The molecule has 0 aromatic carbocycles. The fourth-order valence-electron chi connectivity index (χ4n) is 0.815. The maximum absolute atomic E-state index is 10.6. The summed E-state index contributed by atoms with van der Waals surface area (Å²) < 4.78 is 0. The Hall–Kier alpha value is -0.830. The first-order valence-corrected chi connectivity index (χ1v) is 2.88. The SMILES string of the molecule is NC1=CCCC(=O)C1O. The van der Waals surface area contributed by atoms with Crippen LogP contribution in [-0.2, 0) is 4.79 Å². The molecule has 3 N–H and O–H groups in total. The van der Waals surface area contributed by atoms with Crippen LogP contribution in [0.1, 0.15) is 12.8 Å². The summed E-state index contributed by atoms with van der Waals surface area (Å²) in [5.41, 5.74) is 5.56. The number of rotatable bonds is 0. The lowest BCUT2D eigenvalue weighted by molar-refractivity contribution is -0.125. The van der Waals surface area contributed by atoms with Gasteiger partial charge in [0.1, 0.15) is 0 Å². The van der Waals surface area contributed by atoms with Crippen LogP contribution in [0.2, 0.25) is 0 Å². The van der Waals surface area contributed by atoms with Crippen LogP contribution in [-0.4, -0.2) is 17.0 Å². The molecule has 0 spiro atoms. The van der Waals surface area contributed by atoms with Crippen LogP contribution in [0.3, 0.4) is 0 Å². The molecule has 1 aliphatic carbocycles. The van der Waals surface area contributed by atoms with Gasteiger partial charge in [-0.15, -0.1) is 0 Å². The molecule has 0 aromatic heterocycles. The van der Waals surface area contributed by atoms with Gasteiger partial charge in [-0.1, -0.05) is 6.08 Å². The maximum Gasteiger partial charge on any atom is 0.167 e. The average Bonchev–Trinajstić information content (AvgIpc) is 1.83. The van der Waals surface area contributed by atoms with Crippen LogP contribution in [0.25, 0.3) is 0 Å². The number of hydrogen-bond donors (Lipinski definition) is 2. The highest BCUT2D eigenvalue weighted by atomic mass is 16.3. The van der Waals surface area contributed by atoms with Crippen molar-refractivity contribution >= 4 is 5.78 Å². The van der Waals surface area contributed by atoms with Crippen molar-refractivity contribution in [3.8, 4) is 0 Å². The molecule has 50 valence electrons. The summed E-state index contributed by atoms with van der Waals surface area (Å²) in [5.74, 6) is -0.171. The molecule has 3 heteroatoms. The molecule has 0 saturated carbocycles. The molecule has 0 heterocycles. The lowest BCUT2D eigenvalue weighted by atomic mass is 10.0. The van der Waals surface area contributed by atoms with Gasteiger partial charge in [0.2, 0.25) is 0 Å². The fraction of sp³-hybridized carbons (Fsp3) is 0.500. The average molecular weight is 127 g/mol. The molecule has 1 aliphatic rings. The highest BCUT2D eigenvalue weighted by Crippen LogP contribution is 2.09. The fourth-order valence-corrected chi connectivity index (χ4v) is 0.815. The minimum absolute atomic E-state index is 0.171. The first-order chi connectivity index (χ1) is 4.22. The number of allylic oxidation sites excluding steroid dienone is 1. The number of Topliss-reactive ketones (excluding diaryl/α,β-unsaturated/α-hetero) is 1. The second-order valence-corrected chi connectivity index (χ2v) is 2.11. The van der Waals surface area contributed by atoms with E-state index in [0.717, 1.165) is 0 Å². The molecule has 0 fully saturated rings. The summed E-state index contributed by atoms with van der Waals surface area (Å²) >= 11 is 0. The molecule has 9 heavy (non-hydrogen) atoms. The van der Waals surface area contributed by atoms with Gasteiger partial charge in [-0.25, -0.2) is 0 Å². The maximum atomic E-state index is 10.6. The molecule has 1 atom stereocenters. The van der Waals surface area contributed by atoms with Gasteiger partial charge in [0.05, 0.1) is 0 Å². The van der Waals surface area contributed by atoms with Gasteiger partial charge in [0.15, 0.2) is 11.9 Å². The summed E-state index contributed by atoms with van der Waals surface area (Å²) in [7, 11) is 0. The van der Waals surface area contributed by atoms with E-state index >= 15 is 0 Å². The molecule has 0 aliphatic heterocycles. The topological polar surface area (TPSA) is 63.3 Å². The summed E-state index contributed by atoms with van der Waals surface area (Å²) in [6.45, 7) is 0. The molecule has 0 aromatic rings. The quantitative estimate of drug-likeness (QED) is 0.463. The van der Waals surface area contributed by atoms with E-state index in [4.69, 9.17) is 10.8 Å². The van der Waals surface area contributed by atoms with Crippen molar-refractivity contribution in [2.45, 2.75) is 18.9 Å². The van der Waals surface area contributed by atoms with Crippen LogP contribution in [0.4, 0.5) is 0 Å². The van der Waals surface area contributed by atoms with Crippen molar-refractivity contribution in [1.82, 2.24) is 0 Å². The first-order valence-electron chi connectivity index (χ1n) is 2.88. The minimum atomic E-state index is -1.03. The molecular weight excluding hydrogens is 118 g/mol. The van der Waals surface area contributed by atoms with Crippen molar-refractivity contribution < 1.29 is 9.90 Å². The van der Waals surface area contributed by atoms with Gasteiger partial charge in [-0.2, -0.15) is 0 Å². The van der Waals surface area contributed by atoms with E-state index in [9.17, 15) is 4.79 Å². The summed E-state index contributed by atoms with van der Waals surface area (Å²) in [6, 6.07) is 0. The van der Waals surface area contributed by atoms with Crippen molar-refractivity contribution in [3.63, 3.8) is 0 Å². The van der Waals surface area contributed by atoms with Crippen molar-refractivity contribution in [3.05, 3.63) is 11.8 Å². The summed E-state index contributed by atoms with van der Waals surface area (Å²) in [6.07, 6.45) is 1.74. The Morgan fingerprint density at radius 2 is 2.44 bits per heavy atom. The van der Waals surface area contributed by atoms with Gasteiger partial charge in [-0.05, 0) is 6.42 Å². The lowest BCUT2D eigenvalue weighted by Crippen LogP contribution is -2.29. The van der Waals surface area contributed by atoms with Crippen LogP contribution < -0.4 is 5.73 Å². The third-order valence-corrected chi connectivity index (χ3v) is 1.39. The zero-order chi connectivity index (χ0) is 6.85. The number of nitrogens with two attached hydrogens (primary N) is 1. The zero-order valence-corrected chi connectivity index (χ0v) is 5.00. The number of aliphatic hydroxyl groups excluding tert-OH is 1. The van der Waals surface area contributed by atoms with E-state index in [0.29, 0.717) is 18.5 Å². The monoisotopic (exact) mass is 127 g/mol. The number of hydrogen-bond acceptors (Lipinski definition) is 3. The summed E-state index contributed by atoms with van der Waals surface area (Å²) in [4.78, 5) is 10.6. The second-order valence-electron chi connectivity index (χ2n) is 2.11. The molecule has 0 amide bonds. The Balaban J connectivity index is 2.74. The van der Waals surface area contributed by atoms with Crippen molar-refractivity contribution in [2.24, 2.45) is 5.73 Å². The largest absolute Gasteiger partial charge is 0.400 e. The Kier molecular flexibility index (Phi) is 1.53. The third-order valence-electron chi connectivity index (χ3n) is 1.39. The smallest absolute Gasteiger partial charge is 0.167 e. The molecule has 3 nitrogen and oxygen atoms in total. The van der Waals surface area contributed by atoms with Crippen LogP contribution in [0.15, 0.2) is 11.8 Å². The molecule has 1 rings (SSSR count). The number of aliphatic hydroxyl groups is 1. The number of carbonyl (C=O) groups excluding carboxylic acids is 1. The highest BCUT2D eigenvalue weighted by molar-refractivity contribution is 5.86. The van der Waals surface area contributed by atoms with Crippen molar-refractivity contribution in [2.75, 3.05) is 0 Å². The molecule has 0 radical (unpaired) electrons. The van der Waals surface area contributed by atoms with Gasteiger partial charge >= 0.3 is 0 Å². The van der Waals surface area contributed by atoms with E-state index in [1.807, 2.05) is 0 Å². The number of carbonyl (C=O) groups is 1. The normalized spacial score (nSPS) is 27.9.